The predicted octanol–water partition coefficient (Wildman–Crippen LogP) is 0.382. The SMILES string of the molecule is CC(=O)OC[C@H]1O[C@@H](OC(C)=O)[C@H](NC(=O)[C@@H]2Cc3c([nH]c4ccccc34)CN2)[C@@H](OC(C)=O)[C@@H]1OC(C)=O. The highest BCUT2D eigenvalue weighted by Crippen LogP contribution is 2.30. The van der Waals surface area contributed by atoms with Crippen LogP contribution in [0.5, 0.6) is 0 Å². The molecule has 3 heterocycles. The van der Waals surface area contributed by atoms with E-state index in [0.29, 0.717) is 13.0 Å². The topological polar surface area (TPSA) is 171 Å². The molecule has 1 saturated heterocycles. The molecule has 0 saturated carbocycles. The predicted molar refractivity (Wildman–Crippen MR) is 133 cm³/mol. The second-order valence-corrected chi connectivity index (χ2v) is 9.40. The second-order valence-electron chi connectivity index (χ2n) is 9.40. The Morgan fingerprint density at radius 2 is 1.59 bits per heavy atom. The first-order chi connectivity index (χ1) is 18.5. The monoisotopic (exact) mass is 545 g/mol. The Kier molecular flexibility index (Phi) is 8.51. The molecule has 2 aromatic rings. The molecule has 2 aliphatic rings. The van der Waals surface area contributed by atoms with E-state index in [-0.39, 0.29) is 0 Å². The lowest BCUT2D eigenvalue weighted by molar-refractivity contribution is -0.271. The van der Waals surface area contributed by atoms with Gasteiger partial charge in [0.15, 0.2) is 12.2 Å². The van der Waals surface area contributed by atoms with Crippen LogP contribution in [0.3, 0.4) is 0 Å². The fourth-order valence-corrected chi connectivity index (χ4v) is 4.91. The molecule has 6 atom stereocenters. The van der Waals surface area contributed by atoms with Gasteiger partial charge in [0.1, 0.15) is 18.8 Å². The average molecular weight is 546 g/mol. The van der Waals surface area contributed by atoms with Crippen molar-refractivity contribution in [3.63, 3.8) is 0 Å². The molecule has 1 aromatic heterocycles. The minimum absolute atomic E-state index is 0.359. The van der Waals surface area contributed by atoms with Crippen molar-refractivity contribution < 1.29 is 47.7 Å². The van der Waals surface area contributed by atoms with Crippen LogP contribution < -0.4 is 10.6 Å². The molecular formula is C26H31N3O10. The third kappa shape index (κ3) is 6.55. The van der Waals surface area contributed by atoms with Crippen LogP contribution in [0.15, 0.2) is 24.3 Å². The van der Waals surface area contributed by atoms with E-state index in [1.165, 1.54) is 6.92 Å². The molecule has 0 bridgehead atoms. The number of H-pyrrole nitrogens is 1. The van der Waals surface area contributed by atoms with Gasteiger partial charge in [-0.1, -0.05) is 18.2 Å². The van der Waals surface area contributed by atoms with Gasteiger partial charge < -0.3 is 34.0 Å². The number of aromatic amines is 1. The van der Waals surface area contributed by atoms with Crippen LogP contribution in [0.1, 0.15) is 39.0 Å². The Bertz CT molecular complexity index is 1270. The molecule has 0 radical (unpaired) electrons. The molecule has 0 spiro atoms. The number of nitrogens with one attached hydrogen (secondary N) is 3. The Hall–Kier alpha value is -3.97. The molecule has 0 unspecified atom stereocenters. The zero-order valence-electron chi connectivity index (χ0n) is 22.0. The molecule has 210 valence electrons. The summed E-state index contributed by atoms with van der Waals surface area (Å²) < 4.78 is 27.1. The van der Waals surface area contributed by atoms with Crippen molar-refractivity contribution in [2.45, 2.75) is 77.3 Å². The van der Waals surface area contributed by atoms with E-state index in [1.807, 2.05) is 24.3 Å². The molecule has 1 fully saturated rings. The summed E-state index contributed by atoms with van der Waals surface area (Å²) in [4.78, 5) is 64.3. The lowest BCUT2D eigenvalue weighted by Gasteiger charge is -2.44. The summed E-state index contributed by atoms with van der Waals surface area (Å²) in [6.45, 7) is 4.62. The van der Waals surface area contributed by atoms with Crippen LogP contribution in [0.2, 0.25) is 0 Å². The fourth-order valence-electron chi connectivity index (χ4n) is 4.91. The van der Waals surface area contributed by atoms with Crippen molar-refractivity contribution in [2.75, 3.05) is 6.61 Å². The van der Waals surface area contributed by atoms with Gasteiger partial charge in [0.25, 0.3) is 0 Å². The van der Waals surface area contributed by atoms with Gasteiger partial charge in [-0.05, 0) is 18.1 Å². The molecule has 13 nitrogen and oxygen atoms in total. The van der Waals surface area contributed by atoms with Gasteiger partial charge in [0, 0.05) is 50.8 Å². The van der Waals surface area contributed by atoms with E-state index >= 15 is 0 Å². The van der Waals surface area contributed by atoms with Crippen molar-refractivity contribution in [1.82, 2.24) is 15.6 Å². The number of ether oxygens (including phenoxy) is 5. The van der Waals surface area contributed by atoms with Gasteiger partial charge in [-0.3, -0.25) is 29.3 Å². The Morgan fingerprint density at radius 3 is 2.26 bits per heavy atom. The van der Waals surface area contributed by atoms with Crippen LogP contribution in [0.25, 0.3) is 10.9 Å². The quantitative estimate of drug-likeness (QED) is 0.324. The zero-order chi connectivity index (χ0) is 28.3. The maximum absolute atomic E-state index is 13.5. The summed E-state index contributed by atoms with van der Waals surface area (Å²) in [7, 11) is 0. The average Bonchev–Trinajstić information content (AvgIpc) is 3.23. The summed E-state index contributed by atoms with van der Waals surface area (Å²) in [5, 5.41) is 6.95. The van der Waals surface area contributed by atoms with E-state index in [2.05, 4.69) is 15.6 Å². The van der Waals surface area contributed by atoms with Crippen LogP contribution in [0.4, 0.5) is 0 Å². The van der Waals surface area contributed by atoms with Gasteiger partial charge in [-0.15, -0.1) is 0 Å². The van der Waals surface area contributed by atoms with E-state index in [0.717, 1.165) is 42.9 Å². The first kappa shape index (κ1) is 28.0. The molecular weight excluding hydrogens is 514 g/mol. The molecule has 3 N–H and O–H groups in total. The van der Waals surface area contributed by atoms with Crippen molar-refractivity contribution >= 4 is 40.7 Å². The lowest BCUT2D eigenvalue weighted by Crippen LogP contribution is -2.68. The number of hydrogen-bond acceptors (Lipinski definition) is 11. The molecule has 13 heteroatoms. The summed E-state index contributed by atoms with van der Waals surface area (Å²) in [5.74, 6) is -3.33. The summed E-state index contributed by atoms with van der Waals surface area (Å²) in [5.41, 5.74) is 2.93. The number of esters is 4. The van der Waals surface area contributed by atoms with Gasteiger partial charge in [0.2, 0.25) is 12.2 Å². The van der Waals surface area contributed by atoms with Crippen molar-refractivity contribution in [3.05, 3.63) is 35.5 Å². The zero-order valence-corrected chi connectivity index (χ0v) is 22.0. The molecule has 1 aromatic carbocycles. The highest BCUT2D eigenvalue weighted by molar-refractivity contribution is 5.88. The number of amides is 1. The van der Waals surface area contributed by atoms with Gasteiger partial charge in [-0.25, -0.2) is 0 Å². The standard InChI is InChI=1S/C26H31N3O10/c1-12(30)35-11-21-23(36-13(2)31)24(37-14(3)32)22(26(39-21)38-15(4)33)29-25(34)19-9-17-16-7-5-6-8-18(16)28-20(17)10-27-19/h5-8,19,21-24,26-28H,9-11H2,1-4H3,(H,29,34)/t19-,21+,22+,23+,24+,26+/m0/s1. The summed E-state index contributed by atoms with van der Waals surface area (Å²) in [6, 6.07) is 5.83. The van der Waals surface area contributed by atoms with Crippen LogP contribution in [0, 0.1) is 0 Å². The first-order valence-electron chi connectivity index (χ1n) is 12.5. The molecule has 1 amide bonds. The number of hydrogen-bond donors (Lipinski definition) is 3. The molecule has 4 rings (SSSR count). The van der Waals surface area contributed by atoms with E-state index in [1.54, 1.807) is 0 Å². The third-order valence-corrected chi connectivity index (χ3v) is 6.44. The van der Waals surface area contributed by atoms with E-state index in [9.17, 15) is 24.0 Å². The maximum atomic E-state index is 13.5. The van der Waals surface area contributed by atoms with E-state index < -0.39 is 73.1 Å². The van der Waals surface area contributed by atoms with E-state index in [4.69, 9.17) is 23.7 Å². The molecule has 2 aliphatic heterocycles. The minimum atomic E-state index is -1.45. The van der Waals surface area contributed by atoms with Crippen molar-refractivity contribution in [1.29, 1.82) is 0 Å². The number of carbonyl (C=O) groups is 5. The van der Waals surface area contributed by atoms with Gasteiger partial charge in [-0.2, -0.15) is 0 Å². The number of carbonyl (C=O) groups excluding carboxylic acids is 5. The Labute approximate surface area is 223 Å². The number of benzene rings is 1. The van der Waals surface area contributed by atoms with Crippen LogP contribution in [-0.4, -0.2) is 78.1 Å². The largest absolute Gasteiger partial charge is 0.463 e. The van der Waals surface area contributed by atoms with Crippen molar-refractivity contribution in [3.8, 4) is 0 Å². The lowest BCUT2D eigenvalue weighted by atomic mass is 9.94. The van der Waals surface area contributed by atoms with Crippen LogP contribution >= 0.6 is 0 Å². The highest BCUT2D eigenvalue weighted by atomic mass is 16.7. The van der Waals surface area contributed by atoms with Gasteiger partial charge >= 0.3 is 23.9 Å². The smallest absolute Gasteiger partial charge is 0.305 e. The molecule has 39 heavy (non-hydrogen) atoms. The normalized spacial score (nSPS) is 26.2. The fraction of sp³-hybridized carbons (Fsp3) is 0.500. The number of aromatic nitrogens is 1. The first-order valence-corrected chi connectivity index (χ1v) is 12.5. The Balaban J connectivity index is 1.62. The number of para-hydroxylation sites is 1. The van der Waals surface area contributed by atoms with Crippen molar-refractivity contribution in [2.24, 2.45) is 0 Å². The minimum Gasteiger partial charge on any atom is -0.463 e. The third-order valence-electron chi connectivity index (χ3n) is 6.44. The maximum Gasteiger partial charge on any atom is 0.305 e. The summed E-state index contributed by atoms with van der Waals surface area (Å²) >= 11 is 0. The Morgan fingerprint density at radius 1 is 0.923 bits per heavy atom. The number of fused-ring (bicyclic) bond motifs is 3. The second kappa shape index (κ2) is 11.8. The summed E-state index contributed by atoms with van der Waals surface area (Å²) in [6.07, 6.45) is -4.88. The number of rotatable bonds is 7. The van der Waals surface area contributed by atoms with Crippen LogP contribution in [-0.2, 0) is 60.6 Å². The van der Waals surface area contributed by atoms with Gasteiger partial charge in [0.05, 0.1) is 6.04 Å². The molecule has 0 aliphatic carbocycles. The highest BCUT2D eigenvalue weighted by Gasteiger charge is 2.52.